The second-order valence-electron chi connectivity index (χ2n) is 5.71. The van der Waals surface area contributed by atoms with Gasteiger partial charge in [-0.2, -0.15) is 0 Å². The van der Waals surface area contributed by atoms with Gasteiger partial charge < -0.3 is 4.74 Å². The molecule has 1 heterocycles. The van der Waals surface area contributed by atoms with Crippen LogP contribution in [0.3, 0.4) is 0 Å². The molecule has 0 aromatic heterocycles. The molecule has 92 valence electrons. The molecule has 0 aromatic carbocycles. The highest BCUT2D eigenvalue weighted by molar-refractivity contribution is 5.34. The summed E-state index contributed by atoms with van der Waals surface area (Å²) in [6.07, 6.45) is 20.5. The second-order valence-corrected chi connectivity index (χ2v) is 5.71. The van der Waals surface area contributed by atoms with Crippen LogP contribution in [0.5, 0.6) is 0 Å². The summed E-state index contributed by atoms with van der Waals surface area (Å²) in [4.78, 5) is 0. The first-order chi connectivity index (χ1) is 8.92. The second kappa shape index (κ2) is 4.01. The van der Waals surface area contributed by atoms with Gasteiger partial charge in [0.15, 0.2) is 0 Å². The van der Waals surface area contributed by atoms with Crippen molar-refractivity contribution >= 4 is 0 Å². The van der Waals surface area contributed by atoms with E-state index in [1.54, 1.807) is 5.57 Å². The van der Waals surface area contributed by atoms with Gasteiger partial charge in [-0.15, -0.1) is 0 Å². The molecule has 1 aliphatic heterocycles. The van der Waals surface area contributed by atoms with Crippen molar-refractivity contribution in [2.45, 2.75) is 12.8 Å². The normalized spacial score (nSPS) is 40.0. The van der Waals surface area contributed by atoms with Crippen molar-refractivity contribution in [3.63, 3.8) is 0 Å². The molecule has 0 N–H and O–H groups in total. The lowest BCUT2D eigenvalue weighted by Crippen LogP contribution is -2.34. The first kappa shape index (κ1) is 10.4. The fourth-order valence-electron chi connectivity index (χ4n) is 3.73. The maximum absolute atomic E-state index is 5.96. The number of hydrogen-bond donors (Lipinski definition) is 0. The van der Waals surface area contributed by atoms with Gasteiger partial charge in [-0.05, 0) is 24.8 Å². The van der Waals surface area contributed by atoms with Crippen molar-refractivity contribution in [3.8, 4) is 0 Å². The summed E-state index contributed by atoms with van der Waals surface area (Å²) in [5.74, 6) is 3.65. The van der Waals surface area contributed by atoms with Gasteiger partial charge in [0, 0.05) is 17.8 Å². The summed E-state index contributed by atoms with van der Waals surface area (Å²) in [5, 5.41) is 0. The summed E-state index contributed by atoms with van der Waals surface area (Å²) >= 11 is 0. The lowest BCUT2D eigenvalue weighted by atomic mass is 9.68. The minimum atomic E-state index is 0.522. The first-order valence-electron chi connectivity index (χ1n) is 6.98. The summed E-state index contributed by atoms with van der Waals surface area (Å²) in [6, 6.07) is 0. The van der Waals surface area contributed by atoms with Crippen LogP contribution in [0.4, 0.5) is 0 Å². The van der Waals surface area contributed by atoms with Crippen molar-refractivity contribution in [3.05, 3.63) is 59.9 Å². The Kier molecular flexibility index (Phi) is 2.32. The van der Waals surface area contributed by atoms with E-state index in [1.807, 2.05) is 0 Å². The Morgan fingerprint density at radius 2 is 2.06 bits per heavy atom. The molecule has 0 aromatic rings. The molecule has 3 aliphatic carbocycles. The Morgan fingerprint density at radius 3 is 3.06 bits per heavy atom. The van der Waals surface area contributed by atoms with Crippen molar-refractivity contribution < 1.29 is 4.74 Å². The molecule has 18 heavy (non-hydrogen) atoms. The molecule has 0 saturated carbocycles. The van der Waals surface area contributed by atoms with Crippen LogP contribution in [-0.2, 0) is 4.74 Å². The SMILES string of the molecule is C1=CCC2C(=C1)OCC1CC3C=CC=CC3C=C12. The molecule has 1 nitrogen and oxygen atoms in total. The highest BCUT2D eigenvalue weighted by Crippen LogP contribution is 2.46. The number of fused-ring (bicyclic) bond motifs is 4. The molecule has 1 fully saturated rings. The van der Waals surface area contributed by atoms with Crippen LogP contribution in [0.15, 0.2) is 59.9 Å². The van der Waals surface area contributed by atoms with Gasteiger partial charge in [-0.1, -0.05) is 48.1 Å². The van der Waals surface area contributed by atoms with Gasteiger partial charge in [0.1, 0.15) is 5.76 Å². The van der Waals surface area contributed by atoms with Gasteiger partial charge in [0.25, 0.3) is 0 Å². The molecule has 0 amide bonds. The van der Waals surface area contributed by atoms with Gasteiger partial charge >= 0.3 is 0 Å². The molecule has 0 radical (unpaired) electrons. The maximum atomic E-state index is 5.96. The first-order valence-corrected chi connectivity index (χ1v) is 6.98. The van der Waals surface area contributed by atoms with Crippen LogP contribution in [-0.4, -0.2) is 6.61 Å². The highest BCUT2D eigenvalue weighted by atomic mass is 16.5. The van der Waals surface area contributed by atoms with Gasteiger partial charge in [0.05, 0.1) is 6.61 Å². The number of allylic oxidation sites excluding steroid dienone is 9. The largest absolute Gasteiger partial charge is 0.497 e. The minimum Gasteiger partial charge on any atom is -0.497 e. The molecular formula is C17H18O. The molecule has 4 atom stereocenters. The van der Waals surface area contributed by atoms with E-state index in [9.17, 15) is 0 Å². The van der Waals surface area contributed by atoms with E-state index in [0.29, 0.717) is 23.7 Å². The average molecular weight is 238 g/mol. The zero-order valence-corrected chi connectivity index (χ0v) is 10.5. The molecule has 0 bridgehead atoms. The smallest absolute Gasteiger partial charge is 0.103 e. The Labute approximate surface area is 108 Å². The molecule has 4 unspecified atom stereocenters. The molecule has 4 rings (SSSR count). The highest BCUT2D eigenvalue weighted by Gasteiger charge is 2.38. The zero-order chi connectivity index (χ0) is 11.9. The van der Waals surface area contributed by atoms with Crippen LogP contribution in [0.1, 0.15) is 12.8 Å². The topological polar surface area (TPSA) is 9.23 Å². The van der Waals surface area contributed by atoms with Crippen LogP contribution in [0.25, 0.3) is 0 Å². The molecular weight excluding hydrogens is 220 g/mol. The third kappa shape index (κ3) is 1.53. The average Bonchev–Trinajstić information content (AvgIpc) is 2.45. The van der Waals surface area contributed by atoms with Crippen molar-refractivity contribution in [2.24, 2.45) is 23.7 Å². The summed E-state index contributed by atoms with van der Waals surface area (Å²) in [6.45, 7) is 0.878. The Bertz CT molecular complexity index is 504. The van der Waals surface area contributed by atoms with Crippen molar-refractivity contribution in [1.82, 2.24) is 0 Å². The van der Waals surface area contributed by atoms with E-state index in [2.05, 4.69) is 48.6 Å². The summed E-state index contributed by atoms with van der Waals surface area (Å²) in [7, 11) is 0. The number of ether oxygens (including phenoxy) is 1. The van der Waals surface area contributed by atoms with Crippen LogP contribution in [0.2, 0.25) is 0 Å². The Hall–Kier alpha value is -1.50. The van der Waals surface area contributed by atoms with Gasteiger partial charge in [-0.25, -0.2) is 0 Å². The predicted molar refractivity (Wildman–Crippen MR) is 72.7 cm³/mol. The number of hydrogen-bond acceptors (Lipinski definition) is 1. The molecule has 1 saturated heterocycles. The fourth-order valence-corrected chi connectivity index (χ4v) is 3.73. The van der Waals surface area contributed by atoms with E-state index >= 15 is 0 Å². The lowest BCUT2D eigenvalue weighted by molar-refractivity contribution is 0.101. The van der Waals surface area contributed by atoms with E-state index in [-0.39, 0.29) is 0 Å². The predicted octanol–water partition coefficient (Wildman–Crippen LogP) is 3.78. The Morgan fingerprint density at radius 1 is 1.11 bits per heavy atom. The standard InChI is InChI=1S/C17H18O/c1-2-6-13-10-16-14(9-12(13)5-1)11-18-17-8-4-3-7-15(16)17/h1-6,8,10,12-15H,7,9,11H2. The monoisotopic (exact) mass is 238 g/mol. The van der Waals surface area contributed by atoms with Crippen LogP contribution >= 0.6 is 0 Å². The van der Waals surface area contributed by atoms with E-state index < -0.39 is 0 Å². The summed E-state index contributed by atoms with van der Waals surface area (Å²) < 4.78 is 5.96. The van der Waals surface area contributed by atoms with E-state index in [4.69, 9.17) is 4.74 Å². The number of rotatable bonds is 0. The van der Waals surface area contributed by atoms with E-state index in [1.165, 1.54) is 12.2 Å². The fraction of sp³-hybridized carbons (Fsp3) is 0.412. The minimum absolute atomic E-state index is 0.522. The molecule has 4 aliphatic rings. The van der Waals surface area contributed by atoms with Crippen LogP contribution < -0.4 is 0 Å². The maximum Gasteiger partial charge on any atom is 0.103 e. The molecule has 0 spiro atoms. The third-order valence-electron chi connectivity index (χ3n) is 4.68. The van der Waals surface area contributed by atoms with Gasteiger partial charge in [0.2, 0.25) is 0 Å². The van der Waals surface area contributed by atoms with E-state index in [0.717, 1.165) is 13.0 Å². The lowest BCUT2D eigenvalue weighted by Gasteiger charge is -2.42. The zero-order valence-electron chi connectivity index (χ0n) is 10.5. The summed E-state index contributed by atoms with van der Waals surface area (Å²) in [5.41, 5.74) is 1.64. The van der Waals surface area contributed by atoms with Crippen molar-refractivity contribution in [2.75, 3.05) is 6.61 Å². The Balaban J connectivity index is 1.71. The quantitative estimate of drug-likeness (QED) is 0.583. The molecule has 1 heteroatoms. The van der Waals surface area contributed by atoms with Crippen LogP contribution in [0, 0.1) is 23.7 Å². The van der Waals surface area contributed by atoms with Gasteiger partial charge in [-0.3, -0.25) is 0 Å². The third-order valence-corrected chi connectivity index (χ3v) is 4.68. The van der Waals surface area contributed by atoms with Crippen molar-refractivity contribution in [1.29, 1.82) is 0 Å².